The van der Waals surface area contributed by atoms with Crippen LogP contribution in [0.1, 0.15) is 16.6 Å². The fourth-order valence-electron chi connectivity index (χ4n) is 2.81. The molecule has 0 aliphatic rings. The predicted molar refractivity (Wildman–Crippen MR) is 105 cm³/mol. The number of hydrogen-bond acceptors (Lipinski definition) is 6. The molecule has 28 heavy (non-hydrogen) atoms. The average Bonchev–Trinajstić information content (AvgIpc) is 3.38. The monoisotopic (exact) mass is 391 g/mol. The molecule has 1 amide bonds. The molecule has 7 nitrogen and oxygen atoms in total. The lowest BCUT2D eigenvalue weighted by molar-refractivity contribution is -0.117. The molecule has 0 saturated carbocycles. The maximum atomic E-state index is 12.1. The Balaban J connectivity index is 1.73. The van der Waals surface area contributed by atoms with Gasteiger partial charge in [-0.15, -0.1) is 10.2 Å². The second-order valence-electron chi connectivity index (χ2n) is 6.02. The fraction of sp³-hybridized carbons (Fsp3) is 0.100. The van der Waals surface area contributed by atoms with Gasteiger partial charge in [-0.3, -0.25) is 14.3 Å². The third-order valence-corrected chi connectivity index (χ3v) is 5.37. The smallest absolute Gasteiger partial charge is 0.235 e. The summed E-state index contributed by atoms with van der Waals surface area (Å²) in [5.41, 5.74) is 7.31. The van der Waals surface area contributed by atoms with Crippen LogP contribution in [0.3, 0.4) is 0 Å². The van der Waals surface area contributed by atoms with Crippen molar-refractivity contribution in [3.8, 4) is 11.4 Å². The summed E-state index contributed by atoms with van der Waals surface area (Å²) in [6, 6.07) is 16.8. The number of aromatic nitrogens is 4. The molecule has 8 heteroatoms. The quantitative estimate of drug-likeness (QED) is 0.485. The van der Waals surface area contributed by atoms with Gasteiger partial charge in [-0.1, -0.05) is 42.1 Å². The minimum Gasteiger partial charge on any atom is -0.467 e. The highest BCUT2D eigenvalue weighted by Gasteiger charge is 2.24. The lowest BCUT2D eigenvalue weighted by Crippen LogP contribution is -2.19. The van der Waals surface area contributed by atoms with E-state index in [4.69, 9.17) is 10.2 Å². The van der Waals surface area contributed by atoms with Crippen LogP contribution in [0.15, 0.2) is 82.8 Å². The highest BCUT2D eigenvalue weighted by atomic mass is 32.2. The topological polar surface area (TPSA) is 99.8 Å². The van der Waals surface area contributed by atoms with Gasteiger partial charge in [0.2, 0.25) is 5.91 Å². The lowest BCUT2D eigenvalue weighted by atomic mass is 10.1. The molecule has 1 aromatic carbocycles. The van der Waals surface area contributed by atoms with Crippen LogP contribution < -0.4 is 5.73 Å². The summed E-state index contributed by atoms with van der Waals surface area (Å²) in [6.07, 6.45) is 5.04. The van der Waals surface area contributed by atoms with E-state index >= 15 is 0 Å². The number of furan rings is 1. The largest absolute Gasteiger partial charge is 0.467 e. The highest BCUT2D eigenvalue weighted by molar-refractivity contribution is 8.00. The Hall–Kier alpha value is -3.39. The van der Waals surface area contributed by atoms with Crippen molar-refractivity contribution in [2.45, 2.75) is 17.0 Å². The molecule has 3 heterocycles. The molecule has 0 fully saturated rings. The van der Waals surface area contributed by atoms with Crippen molar-refractivity contribution in [3.05, 3.63) is 84.6 Å². The summed E-state index contributed by atoms with van der Waals surface area (Å²) in [6.45, 7) is 0.423. The Labute approximate surface area is 165 Å². The van der Waals surface area contributed by atoms with E-state index in [2.05, 4.69) is 15.2 Å². The summed E-state index contributed by atoms with van der Waals surface area (Å²) in [5, 5.41) is 8.64. The minimum atomic E-state index is -0.581. The second-order valence-corrected chi connectivity index (χ2v) is 7.10. The third-order valence-electron chi connectivity index (χ3n) is 4.11. The maximum Gasteiger partial charge on any atom is 0.235 e. The van der Waals surface area contributed by atoms with E-state index in [1.807, 2.05) is 59.2 Å². The van der Waals surface area contributed by atoms with Crippen LogP contribution >= 0.6 is 11.8 Å². The third kappa shape index (κ3) is 3.81. The normalized spacial score (nSPS) is 12.0. The zero-order chi connectivity index (χ0) is 19.3. The van der Waals surface area contributed by atoms with E-state index in [-0.39, 0.29) is 0 Å². The number of hydrogen-bond donors (Lipinski definition) is 1. The van der Waals surface area contributed by atoms with Crippen molar-refractivity contribution in [1.82, 2.24) is 19.7 Å². The molecule has 4 aromatic rings. The van der Waals surface area contributed by atoms with Gasteiger partial charge in [0.25, 0.3) is 0 Å². The first-order valence-corrected chi connectivity index (χ1v) is 9.47. The maximum absolute atomic E-state index is 12.1. The van der Waals surface area contributed by atoms with Crippen LogP contribution in [-0.2, 0) is 11.3 Å². The summed E-state index contributed by atoms with van der Waals surface area (Å²) in [4.78, 5) is 16.3. The number of carbonyl (C=O) groups excluding carboxylic acids is 1. The van der Waals surface area contributed by atoms with Crippen molar-refractivity contribution in [2.75, 3.05) is 0 Å². The Bertz CT molecular complexity index is 1050. The molecule has 0 saturated heterocycles. The van der Waals surface area contributed by atoms with Crippen LogP contribution in [0.5, 0.6) is 0 Å². The molecule has 0 bridgehead atoms. The van der Waals surface area contributed by atoms with E-state index in [1.165, 1.54) is 11.8 Å². The van der Waals surface area contributed by atoms with E-state index < -0.39 is 11.2 Å². The van der Waals surface area contributed by atoms with Gasteiger partial charge in [0, 0.05) is 18.0 Å². The molecule has 140 valence electrons. The van der Waals surface area contributed by atoms with Gasteiger partial charge >= 0.3 is 0 Å². The fourth-order valence-corrected chi connectivity index (χ4v) is 3.80. The molecule has 0 spiro atoms. The zero-order valence-corrected chi connectivity index (χ0v) is 15.6. The summed E-state index contributed by atoms with van der Waals surface area (Å²) in [5.74, 6) is 0.956. The molecule has 3 aromatic heterocycles. The Morgan fingerprint density at radius 3 is 2.64 bits per heavy atom. The number of carbonyl (C=O) groups is 1. The molecule has 4 rings (SSSR count). The summed E-state index contributed by atoms with van der Waals surface area (Å²) < 4.78 is 7.40. The first-order valence-electron chi connectivity index (χ1n) is 8.59. The minimum absolute atomic E-state index is 0.423. The van der Waals surface area contributed by atoms with Crippen LogP contribution in [-0.4, -0.2) is 25.7 Å². The molecule has 0 radical (unpaired) electrons. The van der Waals surface area contributed by atoms with Gasteiger partial charge < -0.3 is 10.2 Å². The van der Waals surface area contributed by atoms with Crippen molar-refractivity contribution in [1.29, 1.82) is 0 Å². The molecule has 0 aliphatic heterocycles. The van der Waals surface area contributed by atoms with Gasteiger partial charge in [-0.05, 0) is 29.8 Å². The number of amides is 1. The lowest BCUT2D eigenvalue weighted by Gasteiger charge is -2.14. The molecule has 1 unspecified atom stereocenters. The van der Waals surface area contributed by atoms with Crippen LogP contribution in [0.25, 0.3) is 11.4 Å². The van der Waals surface area contributed by atoms with Gasteiger partial charge in [0.1, 0.15) is 11.0 Å². The number of primary amides is 1. The first kappa shape index (κ1) is 18.0. The Kier molecular flexibility index (Phi) is 5.20. The Morgan fingerprint density at radius 1 is 1.11 bits per heavy atom. The number of thioether (sulfide) groups is 1. The predicted octanol–water partition coefficient (Wildman–Crippen LogP) is 3.30. The number of nitrogens with two attached hydrogens (primary N) is 1. The van der Waals surface area contributed by atoms with Gasteiger partial charge in [0.15, 0.2) is 11.0 Å². The molecule has 1 atom stereocenters. The zero-order valence-electron chi connectivity index (χ0n) is 14.8. The molecule has 2 N–H and O–H groups in total. The van der Waals surface area contributed by atoms with E-state index in [1.54, 1.807) is 18.7 Å². The first-order chi connectivity index (χ1) is 13.7. The number of rotatable bonds is 7. The summed E-state index contributed by atoms with van der Waals surface area (Å²) >= 11 is 1.27. The standard InChI is InChI=1S/C20H17N5O2S/c21-18(26)17(14-6-2-1-3-7-14)28-20-24-23-19(15-8-4-10-22-12-15)25(20)13-16-9-5-11-27-16/h1-12,17H,13H2,(H2,21,26). The van der Waals surface area contributed by atoms with Crippen molar-refractivity contribution >= 4 is 17.7 Å². The van der Waals surface area contributed by atoms with Gasteiger partial charge in [0.05, 0.1) is 12.8 Å². The van der Waals surface area contributed by atoms with E-state index in [0.717, 1.165) is 16.9 Å². The second kappa shape index (κ2) is 8.10. The average molecular weight is 391 g/mol. The number of benzene rings is 1. The Morgan fingerprint density at radius 2 is 1.96 bits per heavy atom. The number of nitrogens with zero attached hydrogens (tertiary/aromatic N) is 4. The van der Waals surface area contributed by atoms with Gasteiger partial charge in [-0.25, -0.2) is 0 Å². The molecule has 0 aliphatic carbocycles. The number of pyridine rings is 1. The van der Waals surface area contributed by atoms with Crippen LogP contribution in [0.2, 0.25) is 0 Å². The van der Waals surface area contributed by atoms with E-state index in [0.29, 0.717) is 17.5 Å². The highest BCUT2D eigenvalue weighted by Crippen LogP contribution is 2.35. The van der Waals surface area contributed by atoms with Crippen LogP contribution in [0.4, 0.5) is 0 Å². The SMILES string of the molecule is NC(=O)C(Sc1nnc(-c2cccnc2)n1Cc1ccco1)c1ccccc1. The molecular weight excluding hydrogens is 374 g/mol. The van der Waals surface area contributed by atoms with Gasteiger partial charge in [-0.2, -0.15) is 0 Å². The summed E-state index contributed by atoms with van der Waals surface area (Å²) in [7, 11) is 0. The van der Waals surface area contributed by atoms with Crippen molar-refractivity contribution in [3.63, 3.8) is 0 Å². The van der Waals surface area contributed by atoms with Crippen LogP contribution in [0, 0.1) is 0 Å². The molecular formula is C20H17N5O2S. The van der Waals surface area contributed by atoms with Crippen molar-refractivity contribution in [2.24, 2.45) is 5.73 Å². The van der Waals surface area contributed by atoms with Crippen molar-refractivity contribution < 1.29 is 9.21 Å². The van der Waals surface area contributed by atoms with E-state index in [9.17, 15) is 4.79 Å².